The zero-order chi connectivity index (χ0) is 21.4. The zero-order valence-corrected chi connectivity index (χ0v) is 17.4. The van der Waals surface area contributed by atoms with E-state index in [1.807, 2.05) is 19.0 Å². The van der Waals surface area contributed by atoms with Crippen LogP contribution in [0.2, 0.25) is 0 Å². The predicted octanol–water partition coefficient (Wildman–Crippen LogP) is 0.247. The number of hydrogen-bond donors (Lipinski definition) is 3. The molecule has 1 aliphatic rings. The number of aliphatic hydroxyl groups is 1. The van der Waals surface area contributed by atoms with Crippen molar-refractivity contribution in [2.45, 2.75) is 36.0 Å². The van der Waals surface area contributed by atoms with E-state index in [9.17, 15) is 22.7 Å². The molecule has 0 saturated carbocycles. The molecule has 0 radical (unpaired) electrons. The summed E-state index contributed by atoms with van der Waals surface area (Å²) in [5.74, 6) is -0.721. The van der Waals surface area contributed by atoms with E-state index in [-0.39, 0.29) is 17.2 Å². The smallest absolute Gasteiger partial charge is 0.241 e. The molecule has 0 fully saturated rings. The highest BCUT2D eigenvalue weighted by molar-refractivity contribution is 7.89. The van der Waals surface area contributed by atoms with Gasteiger partial charge in [-0.15, -0.1) is 0 Å². The number of nitrogens with one attached hydrogen (secondary N) is 2. The Morgan fingerprint density at radius 3 is 2.55 bits per heavy atom. The van der Waals surface area contributed by atoms with E-state index >= 15 is 0 Å². The second kappa shape index (κ2) is 10.8. The van der Waals surface area contributed by atoms with Crippen molar-refractivity contribution in [1.29, 1.82) is 0 Å². The lowest BCUT2D eigenvalue weighted by Gasteiger charge is -2.31. The molecule has 10 heteroatoms. The van der Waals surface area contributed by atoms with E-state index in [0.29, 0.717) is 6.54 Å². The molecule has 3 N–H and O–H groups in total. The van der Waals surface area contributed by atoms with Crippen molar-refractivity contribution in [2.75, 3.05) is 33.8 Å². The van der Waals surface area contributed by atoms with Crippen molar-refractivity contribution in [2.24, 2.45) is 0 Å². The van der Waals surface area contributed by atoms with Crippen molar-refractivity contribution < 1.29 is 27.4 Å². The molecule has 1 aromatic rings. The second-order valence-corrected chi connectivity index (χ2v) is 8.81. The summed E-state index contributed by atoms with van der Waals surface area (Å²) in [5, 5.41) is 12.4. The molecule has 2 rings (SSSR count). The van der Waals surface area contributed by atoms with E-state index in [2.05, 4.69) is 10.0 Å². The van der Waals surface area contributed by atoms with Gasteiger partial charge >= 0.3 is 0 Å². The zero-order valence-electron chi connectivity index (χ0n) is 16.5. The van der Waals surface area contributed by atoms with Gasteiger partial charge in [-0.3, -0.25) is 4.79 Å². The molecule has 29 heavy (non-hydrogen) atoms. The Bertz CT molecular complexity index is 799. The molecule has 0 aromatic heterocycles. The lowest BCUT2D eigenvalue weighted by molar-refractivity contribution is -0.125. The quantitative estimate of drug-likeness (QED) is 0.363. The van der Waals surface area contributed by atoms with Crippen LogP contribution in [0, 0.1) is 5.82 Å². The highest BCUT2D eigenvalue weighted by Crippen LogP contribution is 2.18. The standard InChI is InChI=1S/C19H28FN3O5S/c1-23(2)11-3-10-21-19(25)12-15-6-9-17(18(13-24)28-15)22-29(26,27)16-7-4-14(20)5-8-16/h4-9,15,17-18,22,24H,3,10-13H2,1-2H3,(H,21,25)/t15-,17+,18+/m1/s1. The van der Waals surface area contributed by atoms with Crippen LogP contribution in [0.4, 0.5) is 4.39 Å². The number of amides is 1. The lowest BCUT2D eigenvalue weighted by atomic mass is 10.1. The fourth-order valence-corrected chi connectivity index (χ4v) is 4.07. The minimum Gasteiger partial charge on any atom is -0.394 e. The van der Waals surface area contributed by atoms with Gasteiger partial charge in [0.1, 0.15) is 11.9 Å². The van der Waals surface area contributed by atoms with Crippen LogP contribution in [-0.2, 0) is 19.6 Å². The summed E-state index contributed by atoms with van der Waals surface area (Å²) in [6.45, 7) is 0.988. The number of halogens is 1. The van der Waals surface area contributed by atoms with Crippen LogP contribution in [0.3, 0.4) is 0 Å². The fraction of sp³-hybridized carbons (Fsp3) is 0.526. The van der Waals surface area contributed by atoms with Crippen molar-refractivity contribution in [3.05, 3.63) is 42.2 Å². The van der Waals surface area contributed by atoms with Gasteiger partial charge in [-0.05, 0) is 51.3 Å². The molecule has 1 amide bonds. The summed E-state index contributed by atoms with van der Waals surface area (Å²) in [7, 11) is -0.0113. The van der Waals surface area contributed by atoms with Crippen LogP contribution in [0.5, 0.6) is 0 Å². The van der Waals surface area contributed by atoms with E-state index < -0.39 is 40.7 Å². The molecule has 0 bridgehead atoms. The fourth-order valence-electron chi connectivity index (χ4n) is 2.85. The monoisotopic (exact) mass is 429 g/mol. The summed E-state index contributed by atoms with van der Waals surface area (Å²) in [6.07, 6.45) is 2.66. The molecule has 0 spiro atoms. The summed E-state index contributed by atoms with van der Waals surface area (Å²) in [5.41, 5.74) is 0. The molecular weight excluding hydrogens is 401 g/mol. The number of carbonyl (C=O) groups excluding carboxylic acids is 1. The molecule has 0 aliphatic carbocycles. The second-order valence-electron chi connectivity index (χ2n) is 7.09. The summed E-state index contributed by atoms with van der Waals surface area (Å²) in [4.78, 5) is 14.0. The van der Waals surface area contributed by atoms with Gasteiger partial charge in [0.15, 0.2) is 0 Å². The van der Waals surface area contributed by atoms with Crippen LogP contribution in [-0.4, -0.2) is 76.4 Å². The average Bonchev–Trinajstić information content (AvgIpc) is 2.66. The van der Waals surface area contributed by atoms with E-state index in [4.69, 9.17) is 4.74 Å². The maximum absolute atomic E-state index is 13.0. The minimum atomic E-state index is -3.92. The van der Waals surface area contributed by atoms with Crippen LogP contribution in [0.25, 0.3) is 0 Å². The Balaban J connectivity index is 1.92. The Hall–Kier alpha value is -1.85. The van der Waals surface area contributed by atoms with Crippen molar-refractivity contribution in [3.8, 4) is 0 Å². The van der Waals surface area contributed by atoms with Gasteiger partial charge in [0, 0.05) is 6.54 Å². The first-order valence-electron chi connectivity index (χ1n) is 9.35. The highest BCUT2D eigenvalue weighted by atomic mass is 32.2. The summed E-state index contributed by atoms with van der Waals surface area (Å²) in [6, 6.07) is 3.61. The molecule has 1 heterocycles. The molecule has 162 valence electrons. The van der Waals surface area contributed by atoms with Crippen molar-refractivity contribution in [3.63, 3.8) is 0 Å². The average molecular weight is 430 g/mol. The number of rotatable bonds is 10. The largest absolute Gasteiger partial charge is 0.394 e. The van der Waals surface area contributed by atoms with Crippen molar-refractivity contribution in [1.82, 2.24) is 14.9 Å². The predicted molar refractivity (Wildman–Crippen MR) is 106 cm³/mol. The topological polar surface area (TPSA) is 108 Å². The number of sulfonamides is 1. The third-order valence-corrected chi connectivity index (χ3v) is 5.84. The Morgan fingerprint density at radius 2 is 1.93 bits per heavy atom. The molecular formula is C19H28FN3O5S. The number of nitrogens with zero attached hydrogens (tertiary/aromatic N) is 1. The highest BCUT2D eigenvalue weighted by Gasteiger charge is 2.31. The first-order chi connectivity index (χ1) is 13.7. The summed E-state index contributed by atoms with van der Waals surface area (Å²) >= 11 is 0. The Morgan fingerprint density at radius 1 is 1.24 bits per heavy atom. The Kier molecular flexibility index (Phi) is 8.72. The maximum atomic E-state index is 13.0. The molecule has 0 saturated heterocycles. The van der Waals surface area contributed by atoms with E-state index in [1.54, 1.807) is 12.2 Å². The molecule has 1 aliphatic heterocycles. The molecule has 0 unspecified atom stereocenters. The van der Waals surface area contributed by atoms with E-state index in [1.165, 1.54) is 0 Å². The summed E-state index contributed by atoms with van der Waals surface area (Å²) < 4.78 is 46.0. The molecule has 8 nitrogen and oxygen atoms in total. The van der Waals surface area contributed by atoms with Gasteiger partial charge in [0.25, 0.3) is 0 Å². The number of carbonyl (C=O) groups is 1. The van der Waals surface area contributed by atoms with E-state index in [0.717, 1.165) is 37.2 Å². The van der Waals surface area contributed by atoms with Crippen LogP contribution in [0.15, 0.2) is 41.3 Å². The van der Waals surface area contributed by atoms with Gasteiger partial charge in [-0.2, -0.15) is 0 Å². The van der Waals surface area contributed by atoms with Crippen LogP contribution >= 0.6 is 0 Å². The third kappa shape index (κ3) is 7.48. The SMILES string of the molecule is CN(C)CCCNC(=O)C[C@H]1C=C[C@H](NS(=O)(=O)c2ccc(F)cc2)[C@H](CO)O1. The number of hydrogen-bond acceptors (Lipinski definition) is 6. The van der Waals surface area contributed by atoms with Crippen molar-refractivity contribution >= 4 is 15.9 Å². The first-order valence-corrected chi connectivity index (χ1v) is 10.8. The number of ether oxygens (including phenoxy) is 1. The van der Waals surface area contributed by atoms with Gasteiger partial charge in [0.05, 0.1) is 30.1 Å². The van der Waals surface area contributed by atoms with Gasteiger partial charge in [-0.25, -0.2) is 17.5 Å². The third-order valence-electron chi connectivity index (χ3n) is 4.37. The van der Waals surface area contributed by atoms with Crippen LogP contribution in [0.1, 0.15) is 12.8 Å². The van der Waals surface area contributed by atoms with Gasteiger partial charge in [0.2, 0.25) is 15.9 Å². The first kappa shape index (κ1) is 23.4. The lowest BCUT2D eigenvalue weighted by Crippen LogP contribution is -2.49. The Labute approximate surface area is 170 Å². The molecule has 3 atom stereocenters. The maximum Gasteiger partial charge on any atom is 0.241 e. The van der Waals surface area contributed by atoms with Gasteiger partial charge in [-0.1, -0.05) is 12.2 Å². The van der Waals surface area contributed by atoms with Gasteiger partial charge < -0.3 is 20.1 Å². The number of aliphatic hydroxyl groups excluding tert-OH is 1. The molecule has 1 aromatic carbocycles. The van der Waals surface area contributed by atoms with Crippen LogP contribution < -0.4 is 10.0 Å². The normalized spacial score (nSPS) is 22.0. The number of benzene rings is 1. The minimum absolute atomic E-state index is 0.0758.